The highest BCUT2D eigenvalue weighted by molar-refractivity contribution is 7.90. The van der Waals surface area contributed by atoms with Crippen molar-refractivity contribution < 1.29 is 18.3 Å². The van der Waals surface area contributed by atoms with Crippen molar-refractivity contribution in [1.29, 1.82) is 0 Å². The number of aliphatic carboxylic acids is 1. The number of nitrogens with zero attached hydrogens (tertiary/aromatic N) is 5. The third-order valence-electron chi connectivity index (χ3n) is 2.78. The van der Waals surface area contributed by atoms with Gasteiger partial charge in [0.05, 0.1) is 7.05 Å². The van der Waals surface area contributed by atoms with E-state index < -0.39 is 22.2 Å². The molecule has 0 spiro atoms. The summed E-state index contributed by atoms with van der Waals surface area (Å²) in [5, 5.41) is 19.7. The maximum absolute atomic E-state index is 12.1. The van der Waals surface area contributed by atoms with Gasteiger partial charge in [-0.15, -0.1) is 5.10 Å². The zero-order valence-corrected chi connectivity index (χ0v) is 11.0. The lowest BCUT2D eigenvalue weighted by molar-refractivity contribution is -0.142. The monoisotopic (exact) mass is 290 g/mol. The van der Waals surface area contributed by atoms with Gasteiger partial charge in [0.25, 0.3) is 5.95 Å². The van der Waals surface area contributed by atoms with Gasteiger partial charge in [-0.2, -0.15) is 17.5 Å². The SMILES string of the molecule is Cn1nnc(NS(=O)(=O)N2CCCCC2C(=O)O)n1. The molecule has 0 bridgehead atoms. The number of carbonyl (C=O) groups is 1. The van der Waals surface area contributed by atoms with Crippen molar-refractivity contribution in [2.24, 2.45) is 7.05 Å². The average molecular weight is 290 g/mol. The molecule has 1 saturated heterocycles. The molecule has 2 rings (SSSR count). The van der Waals surface area contributed by atoms with Gasteiger partial charge in [0, 0.05) is 6.54 Å². The second-order valence-corrected chi connectivity index (χ2v) is 5.79. The molecule has 0 radical (unpaired) electrons. The second kappa shape index (κ2) is 5.09. The molecule has 0 amide bonds. The molecule has 1 aliphatic heterocycles. The van der Waals surface area contributed by atoms with E-state index in [2.05, 4.69) is 20.1 Å². The van der Waals surface area contributed by atoms with Gasteiger partial charge in [0.1, 0.15) is 6.04 Å². The number of hydrogen-bond acceptors (Lipinski definition) is 6. The molecule has 0 aliphatic carbocycles. The van der Waals surface area contributed by atoms with Gasteiger partial charge in [0.15, 0.2) is 0 Å². The number of piperidine rings is 1. The minimum atomic E-state index is -3.99. The van der Waals surface area contributed by atoms with Gasteiger partial charge >= 0.3 is 16.2 Å². The molecule has 1 fully saturated rings. The molecule has 1 aliphatic rings. The molecule has 0 aromatic carbocycles. The van der Waals surface area contributed by atoms with Crippen molar-refractivity contribution in [3.8, 4) is 0 Å². The summed E-state index contributed by atoms with van der Waals surface area (Å²) in [6, 6.07) is -1.05. The molecule has 1 aromatic rings. The number of aromatic nitrogens is 4. The Morgan fingerprint density at radius 1 is 1.47 bits per heavy atom. The summed E-state index contributed by atoms with van der Waals surface area (Å²) in [5.74, 6) is -1.34. The Balaban J connectivity index is 2.19. The lowest BCUT2D eigenvalue weighted by Gasteiger charge is -2.31. The molecule has 19 heavy (non-hydrogen) atoms. The quantitative estimate of drug-likeness (QED) is 0.712. The summed E-state index contributed by atoms with van der Waals surface area (Å²) in [6.45, 7) is 0.159. The number of hydrogen-bond donors (Lipinski definition) is 2. The van der Waals surface area contributed by atoms with Crippen LogP contribution in [0.5, 0.6) is 0 Å². The zero-order valence-electron chi connectivity index (χ0n) is 10.2. The number of carboxylic acid groups (broad SMARTS) is 1. The predicted molar refractivity (Wildman–Crippen MR) is 63.3 cm³/mol. The maximum Gasteiger partial charge on any atom is 0.322 e. The van der Waals surface area contributed by atoms with Crippen LogP contribution in [0.4, 0.5) is 5.95 Å². The van der Waals surface area contributed by atoms with E-state index in [0.29, 0.717) is 19.3 Å². The smallest absolute Gasteiger partial charge is 0.322 e. The van der Waals surface area contributed by atoms with Crippen molar-refractivity contribution in [1.82, 2.24) is 24.5 Å². The second-order valence-electron chi connectivity index (χ2n) is 4.17. The van der Waals surface area contributed by atoms with Crippen LogP contribution in [0.15, 0.2) is 0 Å². The highest BCUT2D eigenvalue weighted by Crippen LogP contribution is 2.21. The first-order chi connectivity index (χ1) is 8.90. The fourth-order valence-electron chi connectivity index (χ4n) is 1.94. The van der Waals surface area contributed by atoms with Crippen LogP contribution in [0.3, 0.4) is 0 Å². The lowest BCUT2D eigenvalue weighted by atomic mass is 10.1. The van der Waals surface area contributed by atoms with E-state index in [0.717, 1.165) is 9.10 Å². The number of aryl methyl sites for hydroxylation is 1. The average Bonchev–Trinajstić information content (AvgIpc) is 2.74. The van der Waals surface area contributed by atoms with Crippen LogP contribution in [0.1, 0.15) is 19.3 Å². The van der Waals surface area contributed by atoms with Crippen LogP contribution in [0.2, 0.25) is 0 Å². The summed E-state index contributed by atoms with van der Waals surface area (Å²) in [5.41, 5.74) is 0. The number of rotatable bonds is 4. The molecular weight excluding hydrogens is 276 g/mol. The van der Waals surface area contributed by atoms with Crippen LogP contribution in [0, 0.1) is 0 Å². The Morgan fingerprint density at radius 2 is 2.21 bits per heavy atom. The molecular formula is C8H14N6O4S. The third kappa shape index (κ3) is 2.98. The first-order valence-corrected chi connectivity index (χ1v) is 7.10. The number of anilines is 1. The van der Waals surface area contributed by atoms with Crippen molar-refractivity contribution in [3.63, 3.8) is 0 Å². The number of nitrogens with one attached hydrogen (secondary N) is 1. The van der Waals surface area contributed by atoms with E-state index in [1.54, 1.807) is 0 Å². The Kier molecular flexibility index (Phi) is 3.66. The van der Waals surface area contributed by atoms with Crippen LogP contribution in [-0.2, 0) is 22.1 Å². The molecule has 1 atom stereocenters. The van der Waals surface area contributed by atoms with Crippen LogP contribution < -0.4 is 4.72 Å². The van der Waals surface area contributed by atoms with Gasteiger partial charge in [-0.05, 0) is 24.5 Å². The Hall–Kier alpha value is -1.75. The van der Waals surface area contributed by atoms with E-state index in [9.17, 15) is 13.2 Å². The van der Waals surface area contributed by atoms with E-state index >= 15 is 0 Å². The summed E-state index contributed by atoms with van der Waals surface area (Å²) in [6.07, 6.45) is 1.61. The summed E-state index contributed by atoms with van der Waals surface area (Å²) < 4.78 is 27.3. The highest BCUT2D eigenvalue weighted by Gasteiger charge is 2.37. The zero-order chi connectivity index (χ0) is 14.0. The Labute approximate surface area is 109 Å². The maximum atomic E-state index is 12.1. The number of carboxylic acids is 1. The predicted octanol–water partition coefficient (Wildman–Crippen LogP) is -1.19. The first kappa shape index (κ1) is 13.7. The lowest BCUT2D eigenvalue weighted by Crippen LogP contribution is -2.50. The minimum absolute atomic E-state index is 0.159. The topological polar surface area (TPSA) is 130 Å². The Bertz CT molecular complexity index is 570. The molecule has 1 unspecified atom stereocenters. The highest BCUT2D eigenvalue weighted by atomic mass is 32.2. The van der Waals surface area contributed by atoms with Crippen molar-refractivity contribution in [2.45, 2.75) is 25.3 Å². The molecule has 11 heteroatoms. The summed E-state index contributed by atoms with van der Waals surface area (Å²) >= 11 is 0. The summed E-state index contributed by atoms with van der Waals surface area (Å²) in [4.78, 5) is 12.2. The van der Waals surface area contributed by atoms with E-state index in [1.807, 2.05) is 0 Å². The van der Waals surface area contributed by atoms with Crippen LogP contribution in [0.25, 0.3) is 0 Å². The van der Waals surface area contributed by atoms with Crippen molar-refractivity contribution in [3.05, 3.63) is 0 Å². The molecule has 1 aromatic heterocycles. The molecule has 10 nitrogen and oxygen atoms in total. The van der Waals surface area contributed by atoms with Gasteiger partial charge < -0.3 is 5.11 Å². The molecule has 106 valence electrons. The Morgan fingerprint density at radius 3 is 2.79 bits per heavy atom. The first-order valence-electron chi connectivity index (χ1n) is 5.66. The molecule has 0 saturated carbocycles. The van der Waals surface area contributed by atoms with Gasteiger partial charge in [-0.3, -0.25) is 4.79 Å². The normalized spacial score (nSPS) is 21.2. The van der Waals surface area contributed by atoms with Crippen molar-refractivity contribution >= 4 is 22.1 Å². The minimum Gasteiger partial charge on any atom is -0.480 e. The molecule has 2 heterocycles. The van der Waals surface area contributed by atoms with Crippen molar-refractivity contribution in [2.75, 3.05) is 11.3 Å². The van der Waals surface area contributed by atoms with Crippen LogP contribution in [-0.4, -0.2) is 56.6 Å². The summed E-state index contributed by atoms with van der Waals surface area (Å²) in [7, 11) is -2.50. The van der Waals surface area contributed by atoms with E-state index in [4.69, 9.17) is 5.11 Å². The van der Waals surface area contributed by atoms with Gasteiger partial charge in [0.2, 0.25) is 0 Å². The number of tetrazole rings is 1. The van der Waals surface area contributed by atoms with E-state index in [-0.39, 0.29) is 12.5 Å². The van der Waals surface area contributed by atoms with Gasteiger partial charge in [-0.1, -0.05) is 5.10 Å². The fraction of sp³-hybridized carbons (Fsp3) is 0.750. The third-order valence-corrected chi connectivity index (χ3v) is 4.27. The standard InChI is InChI=1S/C8H14N6O4S/c1-13-10-8(9-12-13)11-19(17,18)14-5-3-2-4-6(14)7(15)16/h6H,2-5H2,1H3,(H,10,11)(H,15,16). The largest absolute Gasteiger partial charge is 0.480 e. The van der Waals surface area contributed by atoms with Gasteiger partial charge in [-0.25, -0.2) is 4.72 Å². The van der Waals surface area contributed by atoms with Crippen LogP contribution >= 0.6 is 0 Å². The molecule has 2 N–H and O–H groups in total. The fourth-order valence-corrected chi connectivity index (χ4v) is 3.27. The van der Waals surface area contributed by atoms with E-state index in [1.165, 1.54) is 7.05 Å².